The van der Waals surface area contributed by atoms with Gasteiger partial charge in [-0.3, -0.25) is 9.59 Å². The number of para-hydroxylation sites is 1. The fourth-order valence-electron chi connectivity index (χ4n) is 2.28. The first-order valence-corrected chi connectivity index (χ1v) is 7.51. The average molecular weight is 332 g/mol. The maximum atomic E-state index is 13.8. The van der Waals surface area contributed by atoms with Gasteiger partial charge in [0.05, 0.1) is 12.1 Å². The molecule has 0 aliphatic heterocycles. The van der Waals surface area contributed by atoms with Crippen LogP contribution in [0.15, 0.2) is 48.5 Å². The number of hydrogen-bond donors (Lipinski definition) is 1. The summed E-state index contributed by atoms with van der Waals surface area (Å²) in [6.45, 7) is 1.69. The normalized spacial score (nSPS) is 10.3. The van der Waals surface area contributed by atoms with Crippen molar-refractivity contribution in [3.63, 3.8) is 0 Å². The average Bonchev–Trinajstić information content (AvgIpc) is 2.54. The quantitative estimate of drug-likeness (QED) is 0.884. The minimum absolute atomic E-state index is 0.111. The molecule has 0 aliphatic carbocycles. The second-order valence-electron chi connectivity index (χ2n) is 5.28. The number of anilines is 1. The third kappa shape index (κ3) is 4.87. The highest BCUT2D eigenvalue weighted by Crippen LogP contribution is 2.18. The van der Waals surface area contributed by atoms with Crippen LogP contribution in [0.5, 0.6) is 0 Å². The summed E-state index contributed by atoms with van der Waals surface area (Å²) < 4.78 is 26.6. The van der Waals surface area contributed by atoms with Crippen LogP contribution in [0.25, 0.3) is 0 Å². The van der Waals surface area contributed by atoms with Crippen LogP contribution in [-0.2, 0) is 16.0 Å². The topological polar surface area (TPSA) is 49.4 Å². The zero-order valence-corrected chi connectivity index (χ0v) is 13.3. The largest absolute Gasteiger partial charge is 0.354 e. The van der Waals surface area contributed by atoms with E-state index in [0.29, 0.717) is 5.56 Å². The zero-order valence-electron chi connectivity index (χ0n) is 13.3. The van der Waals surface area contributed by atoms with Gasteiger partial charge in [0.25, 0.3) is 0 Å². The van der Waals surface area contributed by atoms with Crippen LogP contribution in [0.1, 0.15) is 12.5 Å². The maximum absolute atomic E-state index is 13.8. The lowest BCUT2D eigenvalue weighted by Crippen LogP contribution is -2.38. The van der Waals surface area contributed by atoms with Crippen molar-refractivity contribution in [2.75, 3.05) is 18.0 Å². The molecule has 0 bridgehead atoms. The van der Waals surface area contributed by atoms with Crippen LogP contribution in [0, 0.1) is 11.6 Å². The molecule has 0 aliphatic rings. The van der Waals surface area contributed by atoms with Gasteiger partial charge in [-0.1, -0.05) is 24.3 Å². The number of benzene rings is 2. The van der Waals surface area contributed by atoms with E-state index in [9.17, 15) is 18.4 Å². The molecule has 0 fully saturated rings. The first kappa shape index (κ1) is 17.6. The molecule has 0 spiro atoms. The summed E-state index contributed by atoms with van der Waals surface area (Å²) in [6.07, 6.45) is 0.111. The van der Waals surface area contributed by atoms with Gasteiger partial charge < -0.3 is 10.2 Å². The number of carbonyl (C=O) groups excluding carboxylic acids is 2. The third-order valence-corrected chi connectivity index (χ3v) is 3.46. The van der Waals surface area contributed by atoms with Crippen LogP contribution in [0.2, 0.25) is 0 Å². The molecule has 2 aromatic rings. The summed E-state index contributed by atoms with van der Waals surface area (Å²) in [5.74, 6) is -1.42. The van der Waals surface area contributed by atoms with Crippen LogP contribution in [0.3, 0.4) is 0 Å². The SMILES string of the molecule is CC(=O)N(CCNC(=O)Cc1ccc(F)cc1)c1ccccc1F. The Hall–Kier alpha value is -2.76. The van der Waals surface area contributed by atoms with E-state index in [1.54, 1.807) is 12.1 Å². The van der Waals surface area contributed by atoms with Gasteiger partial charge in [-0.2, -0.15) is 0 Å². The highest BCUT2D eigenvalue weighted by molar-refractivity contribution is 5.91. The number of halogens is 2. The molecule has 2 rings (SSSR count). The minimum atomic E-state index is -0.495. The Morgan fingerprint density at radius 2 is 1.71 bits per heavy atom. The van der Waals surface area contributed by atoms with Crippen LogP contribution < -0.4 is 10.2 Å². The van der Waals surface area contributed by atoms with Gasteiger partial charge in [-0.25, -0.2) is 8.78 Å². The third-order valence-electron chi connectivity index (χ3n) is 3.46. The van der Waals surface area contributed by atoms with Gasteiger partial charge in [0.1, 0.15) is 11.6 Å². The zero-order chi connectivity index (χ0) is 17.5. The fraction of sp³-hybridized carbons (Fsp3) is 0.222. The Balaban J connectivity index is 1.89. The highest BCUT2D eigenvalue weighted by Gasteiger charge is 2.15. The Morgan fingerprint density at radius 1 is 1.04 bits per heavy atom. The predicted octanol–water partition coefficient (Wildman–Crippen LogP) is 2.68. The molecule has 0 unspecified atom stereocenters. The minimum Gasteiger partial charge on any atom is -0.354 e. The lowest BCUT2D eigenvalue weighted by Gasteiger charge is -2.21. The van der Waals surface area contributed by atoms with Gasteiger partial charge in [0.2, 0.25) is 11.8 Å². The van der Waals surface area contributed by atoms with E-state index in [4.69, 9.17) is 0 Å². The van der Waals surface area contributed by atoms with Gasteiger partial charge >= 0.3 is 0 Å². The number of rotatable bonds is 6. The van der Waals surface area contributed by atoms with Gasteiger partial charge in [-0.15, -0.1) is 0 Å². The lowest BCUT2D eigenvalue weighted by molar-refractivity contribution is -0.121. The molecule has 1 N–H and O–H groups in total. The Labute approximate surface area is 139 Å². The summed E-state index contributed by atoms with van der Waals surface area (Å²) in [6, 6.07) is 11.6. The number of hydrogen-bond acceptors (Lipinski definition) is 2. The van der Waals surface area contributed by atoms with E-state index in [1.165, 1.54) is 48.2 Å². The summed E-state index contributed by atoms with van der Waals surface area (Å²) in [5.41, 5.74) is 0.865. The van der Waals surface area contributed by atoms with E-state index in [-0.39, 0.29) is 42.8 Å². The maximum Gasteiger partial charge on any atom is 0.224 e. The van der Waals surface area contributed by atoms with Crippen molar-refractivity contribution in [1.82, 2.24) is 5.32 Å². The molecular formula is C18H18F2N2O2. The molecule has 0 saturated carbocycles. The Kier molecular flexibility index (Phi) is 6.01. The van der Waals surface area contributed by atoms with E-state index in [1.807, 2.05) is 0 Å². The molecular weight excluding hydrogens is 314 g/mol. The first-order valence-electron chi connectivity index (χ1n) is 7.51. The predicted molar refractivity (Wildman–Crippen MR) is 87.5 cm³/mol. The standard InChI is InChI=1S/C18H18F2N2O2/c1-13(23)22(17-5-3-2-4-16(17)20)11-10-21-18(24)12-14-6-8-15(19)9-7-14/h2-9H,10-12H2,1H3,(H,21,24). The van der Waals surface area contributed by atoms with Crippen molar-refractivity contribution in [2.45, 2.75) is 13.3 Å². The molecule has 2 amide bonds. The van der Waals surface area contributed by atoms with Gasteiger partial charge in [-0.05, 0) is 29.8 Å². The summed E-state index contributed by atoms with van der Waals surface area (Å²) in [5, 5.41) is 2.67. The molecule has 0 heterocycles. The second kappa shape index (κ2) is 8.19. The molecule has 0 radical (unpaired) electrons. The Morgan fingerprint density at radius 3 is 2.33 bits per heavy atom. The molecule has 126 valence electrons. The molecule has 0 aromatic heterocycles. The van der Waals surface area contributed by atoms with Crippen molar-refractivity contribution in [1.29, 1.82) is 0 Å². The molecule has 2 aromatic carbocycles. The van der Waals surface area contributed by atoms with E-state index >= 15 is 0 Å². The molecule has 6 heteroatoms. The van der Waals surface area contributed by atoms with Crippen LogP contribution in [-0.4, -0.2) is 24.9 Å². The lowest BCUT2D eigenvalue weighted by atomic mass is 10.1. The number of nitrogens with zero attached hydrogens (tertiary/aromatic N) is 1. The number of carbonyl (C=O) groups is 2. The van der Waals surface area contributed by atoms with Crippen molar-refractivity contribution in [3.05, 3.63) is 65.7 Å². The molecule has 24 heavy (non-hydrogen) atoms. The van der Waals surface area contributed by atoms with E-state index in [0.717, 1.165) is 0 Å². The van der Waals surface area contributed by atoms with Crippen molar-refractivity contribution < 1.29 is 18.4 Å². The molecule has 4 nitrogen and oxygen atoms in total. The summed E-state index contributed by atoms with van der Waals surface area (Å²) in [7, 11) is 0. The van der Waals surface area contributed by atoms with E-state index < -0.39 is 5.82 Å². The molecule has 0 saturated heterocycles. The monoisotopic (exact) mass is 332 g/mol. The van der Waals surface area contributed by atoms with Crippen LogP contribution in [0.4, 0.5) is 14.5 Å². The van der Waals surface area contributed by atoms with Crippen molar-refractivity contribution in [2.24, 2.45) is 0 Å². The summed E-state index contributed by atoms with van der Waals surface area (Å²) >= 11 is 0. The van der Waals surface area contributed by atoms with Gasteiger partial charge in [0.15, 0.2) is 0 Å². The second-order valence-corrected chi connectivity index (χ2v) is 5.28. The number of amides is 2. The van der Waals surface area contributed by atoms with Crippen molar-refractivity contribution in [3.8, 4) is 0 Å². The van der Waals surface area contributed by atoms with Gasteiger partial charge in [0, 0.05) is 20.0 Å². The summed E-state index contributed by atoms with van der Waals surface area (Å²) in [4.78, 5) is 24.8. The first-order chi connectivity index (χ1) is 11.5. The van der Waals surface area contributed by atoms with E-state index in [2.05, 4.69) is 5.32 Å². The van der Waals surface area contributed by atoms with Crippen molar-refractivity contribution >= 4 is 17.5 Å². The smallest absolute Gasteiger partial charge is 0.224 e. The highest BCUT2D eigenvalue weighted by atomic mass is 19.1. The number of nitrogens with one attached hydrogen (secondary N) is 1. The molecule has 0 atom stereocenters. The fourth-order valence-corrected chi connectivity index (χ4v) is 2.28. The van der Waals surface area contributed by atoms with Crippen LogP contribution >= 0.6 is 0 Å². The Bertz CT molecular complexity index is 717.